The first-order chi connectivity index (χ1) is 12.6. The van der Waals surface area contributed by atoms with Crippen molar-refractivity contribution in [1.29, 1.82) is 0 Å². The second-order valence-corrected chi connectivity index (χ2v) is 6.90. The van der Waals surface area contributed by atoms with Gasteiger partial charge in [0.2, 0.25) is 0 Å². The highest BCUT2D eigenvalue weighted by Crippen LogP contribution is 2.43. The summed E-state index contributed by atoms with van der Waals surface area (Å²) in [5, 5.41) is 6.24. The smallest absolute Gasteiger partial charge is 0.319 e. The molecule has 1 aliphatic rings. The maximum atomic E-state index is 12.4. The maximum Gasteiger partial charge on any atom is 0.319 e. The quantitative estimate of drug-likeness (QED) is 0.776. The number of halogens is 1. The van der Waals surface area contributed by atoms with Crippen LogP contribution in [-0.2, 0) is 5.41 Å². The number of urea groups is 1. The van der Waals surface area contributed by atoms with Crippen molar-refractivity contribution in [2.24, 2.45) is 0 Å². The van der Waals surface area contributed by atoms with Gasteiger partial charge in [0.15, 0.2) is 0 Å². The molecule has 2 N–H and O–H groups in total. The summed E-state index contributed by atoms with van der Waals surface area (Å²) in [5.41, 5.74) is 1.81. The van der Waals surface area contributed by atoms with Crippen LogP contribution in [0.4, 0.5) is 10.5 Å². The van der Waals surface area contributed by atoms with E-state index < -0.39 is 0 Å². The van der Waals surface area contributed by atoms with E-state index in [0.29, 0.717) is 28.8 Å². The molecule has 0 bridgehead atoms. The number of amides is 2. The third kappa shape index (κ3) is 3.73. The van der Waals surface area contributed by atoms with Gasteiger partial charge in [-0.05, 0) is 18.4 Å². The van der Waals surface area contributed by atoms with Crippen molar-refractivity contribution in [1.82, 2.24) is 5.32 Å². The normalized spacial score (nSPS) is 14.9. The lowest BCUT2D eigenvalue weighted by atomic mass is 9.64. The molecular weight excluding hydrogens is 352 g/mol. The molecule has 0 unspecified atom stereocenters. The molecule has 26 heavy (non-hydrogen) atoms. The van der Waals surface area contributed by atoms with Crippen molar-refractivity contribution in [3.8, 4) is 11.5 Å². The fourth-order valence-electron chi connectivity index (χ4n) is 3.34. The van der Waals surface area contributed by atoms with Gasteiger partial charge in [0, 0.05) is 24.1 Å². The van der Waals surface area contributed by atoms with E-state index in [1.165, 1.54) is 26.2 Å². The Labute approximate surface area is 158 Å². The first kappa shape index (κ1) is 18.4. The van der Waals surface area contributed by atoms with Crippen LogP contribution in [0.1, 0.15) is 24.8 Å². The zero-order valence-electron chi connectivity index (χ0n) is 15.0. The lowest BCUT2D eigenvalue weighted by molar-refractivity contribution is 0.222. The summed E-state index contributed by atoms with van der Waals surface area (Å²) in [5.74, 6) is 0.954. The van der Waals surface area contributed by atoms with Gasteiger partial charge in [-0.15, -0.1) is 0 Å². The van der Waals surface area contributed by atoms with Crippen molar-refractivity contribution >= 4 is 23.3 Å². The summed E-state index contributed by atoms with van der Waals surface area (Å²) in [6.45, 7) is 0.593. The van der Waals surface area contributed by atoms with Crippen LogP contribution in [0.5, 0.6) is 11.5 Å². The van der Waals surface area contributed by atoms with E-state index >= 15 is 0 Å². The summed E-state index contributed by atoms with van der Waals surface area (Å²) in [7, 11) is 3.05. The monoisotopic (exact) mass is 374 g/mol. The Bertz CT molecular complexity index is 776. The van der Waals surface area contributed by atoms with Gasteiger partial charge in [-0.2, -0.15) is 0 Å². The number of methoxy groups -OCH3 is 2. The number of hydrogen-bond donors (Lipinski definition) is 2. The zero-order chi connectivity index (χ0) is 18.6. The summed E-state index contributed by atoms with van der Waals surface area (Å²) < 4.78 is 10.5. The van der Waals surface area contributed by atoms with Crippen molar-refractivity contribution in [3.63, 3.8) is 0 Å². The van der Waals surface area contributed by atoms with Crippen LogP contribution < -0.4 is 20.1 Å². The van der Waals surface area contributed by atoms with E-state index in [2.05, 4.69) is 22.8 Å². The van der Waals surface area contributed by atoms with Gasteiger partial charge in [-0.3, -0.25) is 0 Å². The minimum Gasteiger partial charge on any atom is -0.495 e. The highest BCUT2D eigenvalue weighted by molar-refractivity contribution is 6.32. The third-order valence-corrected chi connectivity index (χ3v) is 5.30. The zero-order valence-corrected chi connectivity index (χ0v) is 15.7. The van der Waals surface area contributed by atoms with Crippen molar-refractivity contribution < 1.29 is 14.3 Å². The van der Waals surface area contributed by atoms with E-state index in [0.717, 1.165) is 12.8 Å². The summed E-state index contributed by atoms with van der Waals surface area (Å²) in [6, 6.07) is 13.3. The Morgan fingerprint density at radius 3 is 2.38 bits per heavy atom. The predicted molar refractivity (Wildman–Crippen MR) is 104 cm³/mol. The van der Waals surface area contributed by atoms with Crippen LogP contribution in [0.15, 0.2) is 42.5 Å². The second-order valence-electron chi connectivity index (χ2n) is 6.49. The Morgan fingerprint density at radius 1 is 1.12 bits per heavy atom. The Kier molecular flexibility index (Phi) is 5.57. The number of rotatable bonds is 6. The largest absolute Gasteiger partial charge is 0.495 e. The van der Waals surface area contributed by atoms with Gasteiger partial charge in [0.05, 0.1) is 24.9 Å². The van der Waals surface area contributed by atoms with Gasteiger partial charge in [-0.1, -0.05) is 48.4 Å². The fourth-order valence-corrected chi connectivity index (χ4v) is 3.57. The third-order valence-electron chi connectivity index (χ3n) is 5.01. The first-order valence-electron chi connectivity index (χ1n) is 8.60. The summed E-state index contributed by atoms with van der Waals surface area (Å²) in [6.07, 6.45) is 3.34. The molecule has 3 rings (SSSR count). The van der Waals surface area contributed by atoms with Crippen LogP contribution in [0.25, 0.3) is 0 Å². The number of ether oxygens (including phenoxy) is 2. The molecule has 1 aliphatic carbocycles. The number of hydrogen-bond acceptors (Lipinski definition) is 3. The summed E-state index contributed by atoms with van der Waals surface area (Å²) >= 11 is 6.10. The molecular formula is C20H23ClN2O3. The molecule has 5 nitrogen and oxygen atoms in total. The fraction of sp³-hybridized carbons (Fsp3) is 0.350. The van der Waals surface area contributed by atoms with E-state index in [-0.39, 0.29) is 11.4 Å². The second kappa shape index (κ2) is 7.87. The van der Waals surface area contributed by atoms with Gasteiger partial charge in [0.25, 0.3) is 0 Å². The van der Waals surface area contributed by atoms with E-state index in [1.807, 2.05) is 18.2 Å². The molecule has 2 amide bonds. The molecule has 2 aromatic carbocycles. The van der Waals surface area contributed by atoms with Crippen molar-refractivity contribution in [2.45, 2.75) is 24.7 Å². The highest BCUT2D eigenvalue weighted by Gasteiger charge is 2.38. The SMILES string of the molecule is COc1cc(NC(=O)NCC2(c3ccccc3)CCC2)c(OC)cc1Cl. The van der Waals surface area contributed by atoms with Crippen LogP contribution in [0, 0.1) is 0 Å². The Morgan fingerprint density at radius 2 is 1.81 bits per heavy atom. The molecule has 0 atom stereocenters. The minimum atomic E-state index is -0.283. The standard InChI is InChI=1S/C20H23ClN2O3/c1-25-17-12-16(18(26-2)11-15(17)21)23-19(24)22-13-20(9-6-10-20)14-7-4-3-5-8-14/h3-5,7-8,11-12H,6,9-10,13H2,1-2H3,(H2,22,23,24). The molecule has 0 aliphatic heterocycles. The van der Waals surface area contributed by atoms with E-state index in [4.69, 9.17) is 21.1 Å². The number of nitrogens with one attached hydrogen (secondary N) is 2. The van der Waals surface area contributed by atoms with Crippen molar-refractivity contribution in [3.05, 3.63) is 53.1 Å². The lowest BCUT2D eigenvalue weighted by Crippen LogP contribution is -2.46. The van der Waals surface area contributed by atoms with Gasteiger partial charge >= 0.3 is 6.03 Å². The van der Waals surface area contributed by atoms with E-state index in [9.17, 15) is 4.79 Å². The molecule has 0 aromatic heterocycles. The van der Waals surface area contributed by atoms with Crippen LogP contribution in [-0.4, -0.2) is 26.8 Å². The Balaban J connectivity index is 1.68. The average Bonchev–Trinajstić information content (AvgIpc) is 2.62. The summed E-state index contributed by atoms with van der Waals surface area (Å²) in [4.78, 5) is 12.4. The van der Waals surface area contributed by atoms with E-state index in [1.54, 1.807) is 12.1 Å². The molecule has 6 heteroatoms. The molecule has 0 spiro atoms. The molecule has 1 fully saturated rings. The topological polar surface area (TPSA) is 59.6 Å². The minimum absolute atomic E-state index is 0.0281. The molecule has 0 saturated heterocycles. The van der Waals surface area contributed by atoms with Gasteiger partial charge < -0.3 is 20.1 Å². The first-order valence-corrected chi connectivity index (χ1v) is 8.98. The lowest BCUT2D eigenvalue weighted by Gasteiger charge is -2.42. The average molecular weight is 375 g/mol. The highest BCUT2D eigenvalue weighted by atomic mass is 35.5. The molecule has 138 valence electrons. The molecule has 0 heterocycles. The van der Waals surface area contributed by atoms with Crippen LogP contribution in [0.2, 0.25) is 5.02 Å². The van der Waals surface area contributed by atoms with Gasteiger partial charge in [-0.25, -0.2) is 4.79 Å². The molecule has 2 aromatic rings. The number of anilines is 1. The molecule has 1 saturated carbocycles. The predicted octanol–water partition coefficient (Wildman–Crippen LogP) is 4.60. The number of carbonyl (C=O) groups excluding carboxylic acids is 1. The molecule has 0 radical (unpaired) electrons. The maximum absolute atomic E-state index is 12.4. The van der Waals surface area contributed by atoms with Crippen LogP contribution in [0.3, 0.4) is 0 Å². The van der Waals surface area contributed by atoms with Crippen molar-refractivity contribution in [2.75, 3.05) is 26.1 Å². The van der Waals surface area contributed by atoms with Gasteiger partial charge in [0.1, 0.15) is 11.5 Å². The van der Waals surface area contributed by atoms with Crippen LogP contribution >= 0.6 is 11.6 Å². The number of carbonyl (C=O) groups is 1. The number of benzene rings is 2. The Hall–Kier alpha value is -2.40.